The van der Waals surface area contributed by atoms with Crippen LogP contribution in [0, 0.1) is 0 Å². The number of amides is 2. The smallest absolute Gasteiger partial charge is 0.240 e. The highest BCUT2D eigenvalue weighted by Crippen LogP contribution is 2.06. The summed E-state index contributed by atoms with van der Waals surface area (Å²) in [5.74, 6) is -0.786. The lowest BCUT2D eigenvalue weighted by molar-refractivity contribution is -0.138. The van der Waals surface area contributed by atoms with Crippen molar-refractivity contribution in [2.75, 3.05) is 6.54 Å². The van der Waals surface area contributed by atoms with Gasteiger partial charge in [-0.1, -0.05) is 30.3 Å². The normalized spacial score (nSPS) is 12.2. The Hall–Kier alpha value is -1.88. The van der Waals surface area contributed by atoms with E-state index in [4.69, 9.17) is 11.5 Å². The van der Waals surface area contributed by atoms with Gasteiger partial charge < -0.3 is 16.4 Å². The molecule has 0 radical (unpaired) electrons. The molecule has 19 heavy (non-hydrogen) atoms. The van der Waals surface area contributed by atoms with E-state index in [1.165, 1.54) is 4.90 Å². The van der Waals surface area contributed by atoms with Crippen molar-refractivity contribution in [2.45, 2.75) is 32.4 Å². The van der Waals surface area contributed by atoms with Crippen molar-refractivity contribution in [3.8, 4) is 0 Å². The topological polar surface area (TPSA) is 89.4 Å². The van der Waals surface area contributed by atoms with Gasteiger partial charge in [0.15, 0.2) is 0 Å². The molecule has 5 nitrogen and oxygen atoms in total. The zero-order valence-corrected chi connectivity index (χ0v) is 11.4. The molecule has 104 valence electrons. The lowest BCUT2D eigenvalue weighted by Crippen LogP contribution is -2.50. The standard InChI is InChI=1S/C14H21N3O2/c1-10(2)17(9-13(16)18)14(19)12(15)8-11-6-4-3-5-7-11/h3-7,10,12H,8-9,15H2,1-2H3,(H2,16,18)/t12-/m0/s1. The zero-order valence-electron chi connectivity index (χ0n) is 11.4. The molecule has 0 saturated heterocycles. The van der Waals surface area contributed by atoms with Crippen molar-refractivity contribution in [3.05, 3.63) is 35.9 Å². The molecule has 0 unspecified atom stereocenters. The number of carbonyl (C=O) groups is 2. The average Bonchev–Trinajstić information content (AvgIpc) is 2.35. The predicted molar refractivity (Wildman–Crippen MR) is 74.2 cm³/mol. The van der Waals surface area contributed by atoms with Crippen LogP contribution in [0.1, 0.15) is 19.4 Å². The number of hydrogen-bond acceptors (Lipinski definition) is 3. The highest BCUT2D eigenvalue weighted by molar-refractivity contribution is 5.87. The zero-order chi connectivity index (χ0) is 14.4. The average molecular weight is 263 g/mol. The highest BCUT2D eigenvalue weighted by atomic mass is 16.2. The van der Waals surface area contributed by atoms with Gasteiger partial charge in [-0.2, -0.15) is 0 Å². The van der Waals surface area contributed by atoms with Gasteiger partial charge >= 0.3 is 0 Å². The fraction of sp³-hybridized carbons (Fsp3) is 0.429. The van der Waals surface area contributed by atoms with E-state index in [1.54, 1.807) is 0 Å². The van der Waals surface area contributed by atoms with E-state index >= 15 is 0 Å². The fourth-order valence-electron chi connectivity index (χ4n) is 1.85. The molecule has 0 aliphatic carbocycles. The molecule has 0 saturated carbocycles. The first kappa shape index (κ1) is 15.2. The largest absolute Gasteiger partial charge is 0.368 e. The van der Waals surface area contributed by atoms with Crippen LogP contribution in [0.2, 0.25) is 0 Å². The molecule has 0 aliphatic rings. The third-order valence-corrected chi connectivity index (χ3v) is 2.85. The number of nitrogens with two attached hydrogens (primary N) is 2. The van der Waals surface area contributed by atoms with Crippen LogP contribution in [0.4, 0.5) is 0 Å². The van der Waals surface area contributed by atoms with Gasteiger partial charge in [0.1, 0.15) is 0 Å². The Kier molecular flexibility index (Phi) is 5.51. The molecule has 5 heteroatoms. The number of primary amides is 1. The quantitative estimate of drug-likeness (QED) is 0.772. The summed E-state index contributed by atoms with van der Waals surface area (Å²) >= 11 is 0. The maximum atomic E-state index is 12.2. The van der Waals surface area contributed by atoms with Gasteiger partial charge in [-0.15, -0.1) is 0 Å². The van der Waals surface area contributed by atoms with Gasteiger partial charge in [-0.3, -0.25) is 9.59 Å². The van der Waals surface area contributed by atoms with Gasteiger partial charge in [0.25, 0.3) is 0 Å². The number of benzene rings is 1. The van der Waals surface area contributed by atoms with Crippen LogP contribution < -0.4 is 11.5 Å². The number of nitrogens with zero attached hydrogens (tertiary/aromatic N) is 1. The van der Waals surface area contributed by atoms with Crippen LogP contribution in [-0.4, -0.2) is 35.3 Å². The molecular formula is C14H21N3O2. The van der Waals surface area contributed by atoms with Crippen molar-refractivity contribution in [2.24, 2.45) is 11.5 Å². The minimum atomic E-state index is -0.663. The molecule has 0 fully saturated rings. The maximum Gasteiger partial charge on any atom is 0.240 e. The van der Waals surface area contributed by atoms with Gasteiger partial charge in [0, 0.05) is 6.04 Å². The van der Waals surface area contributed by atoms with Crippen LogP contribution in [-0.2, 0) is 16.0 Å². The summed E-state index contributed by atoms with van der Waals surface area (Å²) in [5, 5.41) is 0. The lowest BCUT2D eigenvalue weighted by Gasteiger charge is -2.28. The van der Waals surface area contributed by atoms with Gasteiger partial charge in [0.05, 0.1) is 12.6 Å². The van der Waals surface area contributed by atoms with E-state index in [9.17, 15) is 9.59 Å². The Bertz CT molecular complexity index is 432. The Labute approximate surface area is 113 Å². The molecule has 2 amide bonds. The van der Waals surface area contributed by atoms with E-state index in [1.807, 2.05) is 44.2 Å². The van der Waals surface area contributed by atoms with Crippen LogP contribution in [0.15, 0.2) is 30.3 Å². The number of carbonyl (C=O) groups excluding carboxylic acids is 2. The van der Waals surface area contributed by atoms with E-state index in [0.29, 0.717) is 6.42 Å². The Morgan fingerprint density at radius 2 is 1.79 bits per heavy atom. The predicted octanol–water partition coefficient (Wildman–Crippen LogP) is 0.279. The summed E-state index contributed by atoms with van der Waals surface area (Å²) in [4.78, 5) is 24.6. The number of rotatable bonds is 6. The molecule has 4 N–H and O–H groups in total. The monoisotopic (exact) mass is 263 g/mol. The summed E-state index contributed by atoms with van der Waals surface area (Å²) in [5.41, 5.74) is 12.1. The summed E-state index contributed by atoms with van der Waals surface area (Å²) < 4.78 is 0. The Morgan fingerprint density at radius 3 is 2.26 bits per heavy atom. The lowest BCUT2D eigenvalue weighted by atomic mass is 10.1. The molecule has 0 heterocycles. The molecule has 1 atom stereocenters. The summed E-state index contributed by atoms with van der Waals surface area (Å²) in [7, 11) is 0. The fourth-order valence-corrected chi connectivity index (χ4v) is 1.85. The van der Waals surface area contributed by atoms with E-state index < -0.39 is 11.9 Å². The van der Waals surface area contributed by atoms with Crippen molar-refractivity contribution in [1.82, 2.24) is 4.90 Å². The summed E-state index contributed by atoms with van der Waals surface area (Å²) in [6, 6.07) is 8.77. The number of hydrogen-bond donors (Lipinski definition) is 2. The minimum Gasteiger partial charge on any atom is -0.368 e. The first-order chi connectivity index (χ1) is 8.91. The first-order valence-corrected chi connectivity index (χ1v) is 6.30. The Morgan fingerprint density at radius 1 is 1.21 bits per heavy atom. The van der Waals surface area contributed by atoms with Crippen molar-refractivity contribution < 1.29 is 9.59 Å². The second kappa shape index (κ2) is 6.89. The van der Waals surface area contributed by atoms with Gasteiger partial charge in [0.2, 0.25) is 11.8 Å². The van der Waals surface area contributed by atoms with Crippen molar-refractivity contribution in [1.29, 1.82) is 0 Å². The molecule has 0 bridgehead atoms. The van der Waals surface area contributed by atoms with Crippen LogP contribution in [0.3, 0.4) is 0 Å². The maximum absolute atomic E-state index is 12.2. The highest BCUT2D eigenvalue weighted by Gasteiger charge is 2.24. The van der Waals surface area contributed by atoms with E-state index in [2.05, 4.69) is 0 Å². The minimum absolute atomic E-state index is 0.0982. The van der Waals surface area contributed by atoms with E-state index in [0.717, 1.165) is 5.56 Å². The molecule has 0 aliphatic heterocycles. The molecule has 0 spiro atoms. The second-order valence-corrected chi connectivity index (χ2v) is 4.82. The molecule has 1 rings (SSSR count). The first-order valence-electron chi connectivity index (χ1n) is 6.30. The van der Waals surface area contributed by atoms with Crippen LogP contribution in [0.25, 0.3) is 0 Å². The van der Waals surface area contributed by atoms with Gasteiger partial charge in [-0.25, -0.2) is 0 Å². The Balaban J connectivity index is 2.71. The van der Waals surface area contributed by atoms with Crippen molar-refractivity contribution >= 4 is 11.8 Å². The summed E-state index contributed by atoms with van der Waals surface area (Å²) in [6.45, 7) is 3.56. The van der Waals surface area contributed by atoms with E-state index in [-0.39, 0.29) is 18.5 Å². The van der Waals surface area contributed by atoms with Crippen LogP contribution >= 0.6 is 0 Å². The molecule has 1 aromatic rings. The molecular weight excluding hydrogens is 242 g/mol. The third-order valence-electron chi connectivity index (χ3n) is 2.85. The second-order valence-electron chi connectivity index (χ2n) is 4.82. The van der Waals surface area contributed by atoms with Crippen LogP contribution in [0.5, 0.6) is 0 Å². The molecule has 0 aromatic heterocycles. The van der Waals surface area contributed by atoms with Gasteiger partial charge in [-0.05, 0) is 25.8 Å². The molecule has 1 aromatic carbocycles. The third kappa shape index (κ3) is 4.71. The van der Waals surface area contributed by atoms with Crippen molar-refractivity contribution in [3.63, 3.8) is 0 Å². The SMILES string of the molecule is CC(C)N(CC(N)=O)C(=O)[C@@H](N)Cc1ccccc1. The summed E-state index contributed by atoms with van der Waals surface area (Å²) in [6.07, 6.45) is 0.446.